The lowest BCUT2D eigenvalue weighted by atomic mass is 10.1. The molecule has 0 spiro atoms. The lowest BCUT2D eigenvalue weighted by molar-refractivity contribution is -0.120. The molecule has 31 heavy (non-hydrogen) atoms. The molecular weight excluding hydrogens is 432 g/mol. The summed E-state index contributed by atoms with van der Waals surface area (Å²) in [5.74, 6) is 0.872. The number of sulfonamides is 1. The smallest absolute Gasteiger partial charge is 0.271 e. The number of amides is 1. The van der Waals surface area contributed by atoms with Crippen LogP contribution in [0.15, 0.2) is 64.3 Å². The molecule has 0 bridgehead atoms. The molecule has 4 rings (SSSR count). The van der Waals surface area contributed by atoms with Crippen molar-refractivity contribution in [3.05, 3.63) is 71.2 Å². The molecule has 7 nitrogen and oxygen atoms in total. The number of hydrogen-bond acceptors (Lipinski definition) is 6. The lowest BCUT2D eigenvalue weighted by Crippen LogP contribution is -2.25. The monoisotopic (exact) mass is 456 g/mol. The second-order valence-electron chi connectivity index (χ2n) is 7.40. The van der Waals surface area contributed by atoms with Gasteiger partial charge in [0.1, 0.15) is 10.0 Å². The largest absolute Gasteiger partial charge is 0.357 e. The van der Waals surface area contributed by atoms with Crippen LogP contribution in [-0.4, -0.2) is 32.4 Å². The van der Waals surface area contributed by atoms with Gasteiger partial charge < -0.3 is 10.2 Å². The van der Waals surface area contributed by atoms with Crippen LogP contribution in [0.3, 0.4) is 0 Å². The maximum atomic E-state index is 12.3. The highest BCUT2D eigenvalue weighted by molar-refractivity contribution is 7.94. The van der Waals surface area contributed by atoms with Crippen molar-refractivity contribution in [3.8, 4) is 0 Å². The second kappa shape index (κ2) is 9.49. The summed E-state index contributed by atoms with van der Waals surface area (Å²) in [5.41, 5.74) is 2.29. The normalized spacial score (nSPS) is 13.9. The van der Waals surface area contributed by atoms with Crippen LogP contribution in [0.2, 0.25) is 0 Å². The number of benzene rings is 1. The van der Waals surface area contributed by atoms with E-state index >= 15 is 0 Å². The van der Waals surface area contributed by atoms with E-state index in [2.05, 4.69) is 19.9 Å². The standard InChI is InChI=1S/C22H24N4O3S2/c27-21(24-16-18-9-10-23-20(14-18)26-11-1-2-12-26)15-17-5-7-19(8-6-17)25-31(28,29)22-4-3-13-30-22/h3-10,13-14,25H,1-2,11-12,15-16H2,(H,24,27). The van der Waals surface area contributed by atoms with Crippen molar-refractivity contribution < 1.29 is 13.2 Å². The highest BCUT2D eigenvalue weighted by Gasteiger charge is 2.15. The Morgan fingerprint density at radius 2 is 1.84 bits per heavy atom. The highest BCUT2D eigenvalue weighted by atomic mass is 32.2. The first-order valence-corrected chi connectivity index (χ1v) is 12.5. The number of aromatic nitrogens is 1. The summed E-state index contributed by atoms with van der Waals surface area (Å²) in [6.45, 7) is 2.51. The fourth-order valence-corrected chi connectivity index (χ4v) is 5.50. The number of hydrogen-bond donors (Lipinski definition) is 2. The third kappa shape index (κ3) is 5.62. The van der Waals surface area contributed by atoms with Crippen molar-refractivity contribution in [1.82, 2.24) is 10.3 Å². The molecular formula is C22H24N4O3S2. The van der Waals surface area contributed by atoms with Crippen LogP contribution in [0.4, 0.5) is 11.5 Å². The molecule has 3 heterocycles. The van der Waals surface area contributed by atoms with Gasteiger partial charge in [-0.2, -0.15) is 0 Å². The number of carbonyl (C=O) groups is 1. The van der Waals surface area contributed by atoms with Gasteiger partial charge in [0.05, 0.1) is 6.42 Å². The zero-order valence-corrected chi connectivity index (χ0v) is 18.6. The van der Waals surface area contributed by atoms with Gasteiger partial charge >= 0.3 is 0 Å². The molecule has 2 N–H and O–H groups in total. The topological polar surface area (TPSA) is 91.4 Å². The van der Waals surface area contributed by atoms with Gasteiger partial charge in [0, 0.05) is 31.5 Å². The van der Waals surface area contributed by atoms with Crippen molar-refractivity contribution >= 4 is 38.8 Å². The minimum Gasteiger partial charge on any atom is -0.357 e. The van der Waals surface area contributed by atoms with Gasteiger partial charge in [0.15, 0.2) is 0 Å². The molecule has 1 aromatic carbocycles. The minimum atomic E-state index is -3.57. The quantitative estimate of drug-likeness (QED) is 0.542. The van der Waals surface area contributed by atoms with E-state index < -0.39 is 10.0 Å². The zero-order valence-electron chi connectivity index (χ0n) is 17.0. The predicted octanol–water partition coefficient (Wildman–Crippen LogP) is 3.40. The SMILES string of the molecule is O=C(Cc1ccc(NS(=O)(=O)c2cccs2)cc1)NCc1ccnc(N2CCCC2)c1. The molecule has 0 saturated carbocycles. The van der Waals surface area contributed by atoms with Gasteiger partial charge in [-0.1, -0.05) is 18.2 Å². The summed E-state index contributed by atoms with van der Waals surface area (Å²) in [4.78, 5) is 19.0. The van der Waals surface area contributed by atoms with Crippen molar-refractivity contribution in [2.75, 3.05) is 22.7 Å². The van der Waals surface area contributed by atoms with Crippen LogP contribution >= 0.6 is 11.3 Å². The summed E-state index contributed by atoms with van der Waals surface area (Å²) in [6.07, 6.45) is 4.39. The van der Waals surface area contributed by atoms with E-state index in [0.29, 0.717) is 12.2 Å². The number of pyridine rings is 1. The molecule has 1 aliphatic heterocycles. The molecule has 1 aliphatic rings. The summed E-state index contributed by atoms with van der Waals surface area (Å²) >= 11 is 1.16. The van der Waals surface area contributed by atoms with Gasteiger partial charge in [-0.3, -0.25) is 9.52 Å². The second-order valence-corrected chi connectivity index (χ2v) is 10.3. The molecule has 0 aliphatic carbocycles. The number of nitrogens with one attached hydrogen (secondary N) is 2. The molecule has 0 radical (unpaired) electrons. The van der Waals surface area contributed by atoms with E-state index in [0.717, 1.165) is 41.4 Å². The number of nitrogens with zero attached hydrogens (tertiary/aromatic N) is 2. The molecule has 1 fully saturated rings. The Morgan fingerprint density at radius 3 is 2.55 bits per heavy atom. The van der Waals surface area contributed by atoms with Crippen LogP contribution in [0.25, 0.3) is 0 Å². The predicted molar refractivity (Wildman–Crippen MR) is 123 cm³/mol. The maximum absolute atomic E-state index is 12.3. The van der Waals surface area contributed by atoms with Crippen molar-refractivity contribution in [2.24, 2.45) is 0 Å². The first kappa shape index (κ1) is 21.3. The Hall–Kier alpha value is -2.91. The number of carbonyl (C=O) groups excluding carboxylic acids is 1. The van der Waals surface area contributed by atoms with E-state index in [1.54, 1.807) is 48.0 Å². The molecule has 0 atom stereocenters. The Labute approximate surface area is 186 Å². The van der Waals surface area contributed by atoms with E-state index in [-0.39, 0.29) is 16.5 Å². The lowest BCUT2D eigenvalue weighted by Gasteiger charge is -2.17. The van der Waals surface area contributed by atoms with Crippen molar-refractivity contribution in [2.45, 2.75) is 30.0 Å². The molecule has 2 aromatic heterocycles. The van der Waals surface area contributed by atoms with Gasteiger partial charge in [0.25, 0.3) is 10.0 Å². The molecule has 162 valence electrons. The first-order valence-electron chi connectivity index (χ1n) is 10.1. The Kier molecular flexibility index (Phi) is 6.53. The summed E-state index contributed by atoms with van der Waals surface area (Å²) in [5, 5.41) is 4.66. The fraction of sp³-hybridized carbons (Fsp3) is 0.273. The minimum absolute atomic E-state index is 0.0912. The van der Waals surface area contributed by atoms with Crippen molar-refractivity contribution in [3.63, 3.8) is 0 Å². The van der Waals surface area contributed by atoms with Crippen LogP contribution in [0.1, 0.15) is 24.0 Å². The van der Waals surface area contributed by atoms with Gasteiger partial charge in [-0.25, -0.2) is 13.4 Å². The average Bonchev–Trinajstić information content (AvgIpc) is 3.48. The number of thiophene rings is 1. The van der Waals surface area contributed by atoms with Crippen LogP contribution in [-0.2, 0) is 27.8 Å². The van der Waals surface area contributed by atoms with Crippen LogP contribution in [0, 0.1) is 0 Å². The van der Waals surface area contributed by atoms with Crippen LogP contribution in [0.5, 0.6) is 0 Å². The summed E-state index contributed by atoms with van der Waals surface area (Å²) < 4.78 is 27.4. The third-order valence-electron chi connectivity index (χ3n) is 5.06. The highest BCUT2D eigenvalue weighted by Crippen LogP contribution is 2.21. The van der Waals surface area contributed by atoms with Gasteiger partial charge in [-0.15, -0.1) is 11.3 Å². The van der Waals surface area contributed by atoms with E-state index in [4.69, 9.17) is 0 Å². The van der Waals surface area contributed by atoms with E-state index in [9.17, 15) is 13.2 Å². The first-order chi connectivity index (χ1) is 15.0. The molecule has 1 amide bonds. The summed E-state index contributed by atoms with van der Waals surface area (Å²) in [6, 6.07) is 14.0. The zero-order chi connectivity index (χ0) is 21.7. The molecule has 9 heteroatoms. The summed E-state index contributed by atoms with van der Waals surface area (Å²) in [7, 11) is -3.57. The third-order valence-corrected chi connectivity index (χ3v) is 7.84. The van der Waals surface area contributed by atoms with Crippen molar-refractivity contribution in [1.29, 1.82) is 0 Å². The maximum Gasteiger partial charge on any atom is 0.271 e. The molecule has 3 aromatic rings. The van der Waals surface area contributed by atoms with Crippen LogP contribution < -0.4 is 14.9 Å². The number of anilines is 2. The molecule has 1 saturated heterocycles. The Balaban J connectivity index is 1.29. The number of rotatable bonds is 8. The Morgan fingerprint density at radius 1 is 1.06 bits per heavy atom. The van der Waals surface area contributed by atoms with E-state index in [1.807, 2.05) is 12.1 Å². The van der Waals surface area contributed by atoms with Gasteiger partial charge in [-0.05, 0) is 59.7 Å². The fourth-order valence-electron chi connectivity index (χ4n) is 3.45. The Bertz CT molecular complexity index is 1120. The average molecular weight is 457 g/mol. The van der Waals surface area contributed by atoms with E-state index in [1.165, 1.54) is 12.8 Å². The molecule has 0 unspecified atom stereocenters. The van der Waals surface area contributed by atoms with Gasteiger partial charge in [0.2, 0.25) is 5.91 Å².